The summed E-state index contributed by atoms with van der Waals surface area (Å²) in [7, 11) is 0. The van der Waals surface area contributed by atoms with Crippen LogP contribution in [0.25, 0.3) is 0 Å². The number of hydrogen-bond acceptors (Lipinski definition) is 4. The highest BCUT2D eigenvalue weighted by molar-refractivity contribution is 7.10. The van der Waals surface area contributed by atoms with Gasteiger partial charge in [-0.05, 0) is 12.5 Å². The van der Waals surface area contributed by atoms with Crippen LogP contribution < -0.4 is 9.47 Å². The summed E-state index contributed by atoms with van der Waals surface area (Å²) in [4.78, 5) is 2.78. The van der Waals surface area contributed by atoms with E-state index in [-0.39, 0.29) is 11.6 Å². The molecule has 138 valence electrons. The van der Waals surface area contributed by atoms with Crippen LogP contribution in [0.2, 0.25) is 0 Å². The smallest absolute Gasteiger partial charge is 0.425 e. The van der Waals surface area contributed by atoms with Crippen LogP contribution in [0.4, 0.5) is 30.7 Å². The van der Waals surface area contributed by atoms with Gasteiger partial charge in [0.2, 0.25) is 11.8 Å². The topological polar surface area (TPSA) is 31.4 Å². The molecule has 0 saturated carbocycles. The maximum atomic E-state index is 12.9. The van der Waals surface area contributed by atoms with Gasteiger partial charge in [-0.25, -0.2) is 8.78 Å². The van der Waals surface area contributed by atoms with Crippen LogP contribution in [0.5, 0.6) is 17.5 Å². The van der Waals surface area contributed by atoms with E-state index in [0.717, 1.165) is 11.4 Å². The van der Waals surface area contributed by atoms with E-state index < -0.39 is 35.9 Å². The molecule has 2 rings (SSSR count). The number of pyridine rings is 1. The molecule has 0 aliphatic carbocycles. The van der Waals surface area contributed by atoms with Gasteiger partial charge >= 0.3 is 18.5 Å². The average molecular weight is 389 g/mol. The van der Waals surface area contributed by atoms with Crippen molar-refractivity contribution in [3.05, 3.63) is 34.0 Å². The Morgan fingerprint density at radius 1 is 1.08 bits per heavy atom. The molecule has 3 nitrogen and oxygen atoms in total. The molecular weight excluding hydrogens is 379 g/mol. The predicted molar refractivity (Wildman–Crippen MR) is 74.8 cm³/mol. The van der Waals surface area contributed by atoms with E-state index in [0.29, 0.717) is 16.9 Å². The number of ether oxygens (including phenoxy) is 2. The van der Waals surface area contributed by atoms with Crippen molar-refractivity contribution >= 4 is 11.3 Å². The van der Waals surface area contributed by atoms with E-state index in [2.05, 4.69) is 9.72 Å². The number of halogens is 7. The summed E-state index contributed by atoms with van der Waals surface area (Å²) in [5, 5.41) is 1.10. The molecule has 11 heteroatoms. The van der Waals surface area contributed by atoms with Gasteiger partial charge in [0.05, 0.1) is 0 Å². The highest BCUT2D eigenvalue weighted by atomic mass is 32.1. The van der Waals surface area contributed by atoms with Crippen LogP contribution in [0.1, 0.15) is 10.4 Å². The first-order chi connectivity index (χ1) is 11.5. The van der Waals surface area contributed by atoms with Crippen LogP contribution in [-0.4, -0.2) is 23.9 Å². The van der Waals surface area contributed by atoms with Crippen LogP contribution in [0.15, 0.2) is 23.6 Å². The highest BCUT2D eigenvalue weighted by Crippen LogP contribution is 2.37. The average Bonchev–Trinajstić information content (AvgIpc) is 2.93. The molecule has 25 heavy (non-hydrogen) atoms. The molecule has 0 bridgehead atoms. The van der Waals surface area contributed by atoms with E-state index >= 15 is 0 Å². The molecule has 2 heterocycles. The second kappa shape index (κ2) is 7.06. The van der Waals surface area contributed by atoms with Gasteiger partial charge < -0.3 is 9.47 Å². The van der Waals surface area contributed by atoms with Gasteiger partial charge in [0.15, 0.2) is 6.61 Å². The molecule has 0 aromatic carbocycles. The number of aryl methyl sites for hydroxylation is 1. The SMILES string of the molecule is Cc1cc(OCC(F)(F)C(F)F)nc(Oc2csc(C(F)(F)F)c2)c1. The summed E-state index contributed by atoms with van der Waals surface area (Å²) in [6, 6.07) is 3.27. The minimum Gasteiger partial charge on any atom is -0.471 e. The largest absolute Gasteiger partial charge is 0.471 e. The normalized spacial score (nSPS) is 12.5. The summed E-state index contributed by atoms with van der Waals surface area (Å²) in [6.45, 7) is -0.0847. The maximum Gasteiger partial charge on any atom is 0.425 e. The quantitative estimate of drug-likeness (QED) is 0.608. The van der Waals surface area contributed by atoms with Gasteiger partial charge in [-0.1, -0.05) is 0 Å². The van der Waals surface area contributed by atoms with Crippen molar-refractivity contribution in [3.63, 3.8) is 0 Å². The van der Waals surface area contributed by atoms with Gasteiger partial charge in [-0.3, -0.25) is 0 Å². The van der Waals surface area contributed by atoms with Crippen molar-refractivity contribution in [2.75, 3.05) is 6.61 Å². The third-order valence-electron chi connectivity index (χ3n) is 2.73. The summed E-state index contributed by atoms with van der Waals surface area (Å²) < 4.78 is 97.2. The van der Waals surface area contributed by atoms with Crippen molar-refractivity contribution in [2.45, 2.75) is 25.4 Å². The summed E-state index contributed by atoms with van der Waals surface area (Å²) in [6.07, 6.45) is -8.43. The molecule has 0 radical (unpaired) electrons. The summed E-state index contributed by atoms with van der Waals surface area (Å²) in [5.41, 5.74) is 0.423. The van der Waals surface area contributed by atoms with Crippen molar-refractivity contribution in [3.8, 4) is 17.5 Å². The minimum atomic E-state index is -4.53. The molecule has 0 N–H and O–H groups in total. The molecule has 2 aromatic heterocycles. The Balaban J connectivity index is 2.12. The van der Waals surface area contributed by atoms with Crippen LogP contribution in [-0.2, 0) is 6.18 Å². The van der Waals surface area contributed by atoms with Crippen molar-refractivity contribution in [1.82, 2.24) is 4.98 Å². The van der Waals surface area contributed by atoms with Gasteiger partial charge in [-0.15, -0.1) is 11.3 Å². The molecule has 2 aromatic rings. The third-order valence-corrected chi connectivity index (χ3v) is 3.69. The lowest BCUT2D eigenvalue weighted by Gasteiger charge is -2.16. The van der Waals surface area contributed by atoms with E-state index in [4.69, 9.17) is 4.74 Å². The lowest BCUT2D eigenvalue weighted by molar-refractivity contribution is -0.148. The van der Waals surface area contributed by atoms with Gasteiger partial charge in [0, 0.05) is 23.6 Å². The molecule has 0 aliphatic heterocycles. The number of rotatable bonds is 6. The van der Waals surface area contributed by atoms with Crippen LogP contribution >= 0.6 is 11.3 Å². The first kappa shape index (κ1) is 19.3. The fourth-order valence-electron chi connectivity index (χ4n) is 1.61. The van der Waals surface area contributed by atoms with E-state index in [1.807, 2.05) is 0 Å². The molecule has 0 amide bonds. The molecular formula is C14H10F7NO2S. The van der Waals surface area contributed by atoms with Gasteiger partial charge in [-0.2, -0.15) is 26.9 Å². The molecule has 0 unspecified atom stereocenters. The molecule has 0 aliphatic rings. The van der Waals surface area contributed by atoms with Crippen molar-refractivity contribution in [1.29, 1.82) is 0 Å². The van der Waals surface area contributed by atoms with E-state index in [9.17, 15) is 30.7 Å². The molecule has 0 atom stereocenters. The molecule has 0 fully saturated rings. The maximum absolute atomic E-state index is 12.9. The summed E-state index contributed by atoms with van der Waals surface area (Å²) >= 11 is 0.409. The Labute approximate surface area is 141 Å². The lowest BCUT2D eigenvalue weighted by atomic mass is 10.3. The second-order valence-corrected chi connectivity index (χ2v) is 5.83. The minimum absolute atomic E-state index is 0.153. The van der Waals surface area contributed by atoms with Gasteiger partial charge in [0.1, 0.15) is 10.6 Å². The van der Waals surface area contributed by atoms with Crippen LogP contribution in [0.3, 0.4) is 0 Å². The lowest BCUT2D eigenvalue weighted by Crippen LogP contribution is -2.33. The summed E-state index contributed by atoms with van der Waals surface area (Å²) in [5.74, 6) is -5.15. The van der Waals surface area contributed by atoms with Crippen LogP contribution in [0, 0.1) is 6.92 Å². The Kier molecular flexibility index (Phi) is 5.45. The van der Waals surface area contributed by atoms with E-state index in [1.165, 1.54) is 19.1 Å². The molecule has 0 saturated heterocycles. The third kappa shape index (κ3) is 5.21. The Morgan fingerprint density at radius 2 is 1.72 bits per heavy atom. The monoisotopic (exact) mass is 389 g/mol. The Hall–Kier alpha value is -2.04. The van der Waals surface area contributed by atoms with E-state index in [1.54, 1.807) is 0 Å². The first-order valence-corrected chi connectivity index (χ1v) is 7.46. The van der Waals surface area contributed by atoms with Crippen molar-refractivity contribution < 1.29 is 40.2 Å². The second-order valence-electron chi connectivity index (χ2n) is 4.92. The van der Waals surface area contributed by atoms with Gasteiger partial charge in [0.25, 0.3) is 0 Å². The first-order valence-electron chi connectivity index (χ1n) is 6.58. The number of thiophene rings is 1. The molecule has 0 spiro atoms. The zero-order chi connectivity index (χ0) is 18.8. The number of aromatic nitrogens is 1. The fourth-order valence-corrected chi connectivity index (χ4v) is 2.28. The predicted octanol–water partition coefficient (Wildman–Crippen LogP) is 5.54. The highest BCUT2D eigenvalue weighted by Gasteiger charge is 2.42. The zero-order valence-corrected chi connectivity index (χ0v) is 13.2. The Bertz CT molecular complexity index is 730. The standard InChI is InChI=1S/C14H10F7NO2S/c1-7-2-10(23-6-13(17,18)12(15)16)22-11(3-7)24-8-4-9(25-5-8)14(19,20)21/h2-5,12H,6H2,1H3. The number of hydrogen-bond donors (Lipinski definition) is 0. The number of nitrogens with zero attached hydrogens (tertiary/aromatic N) is 1. The van der Waals surface area contributed by atoms with Crippen molar-refractivity contribution in [2.24, 2.45) is 0 Å². The fraction of sp³-hybridized carbons (Fsp3) is 0.357. The number of alkyl halides is 7. The zero-order valence-electron chi connectivity index (χ0n) is 12.4. The Morgan fingerprint density at radius 3 is 2.28 bits per heavy atom.